The molecular formula is C24H27F2N5O. The van der Waals surface area contributed by atoms with Crippen molar-refractivity contribution in [1.29, 1.82) is 0 Å². The fraction of sp³-hybridized carbons (Fsp3) is 0.333. The Morgan fingerprint density at radius 3 is 2.66 bits per heavy atom. The van der Waals surface area contributed by atoms with E-state index in [1.165, 1.54) is 18.2 Å². The molecule has 1 atom stereocenters. The van der Waals surface area contributed by atoms with Crippen LogP contribution in [-0.2, 0) is 4.79 Å². The molecule has 1 saturated heterocycles. The Morgan fingerprint density at radius 1 is 1.16 bits per heavy atom. The summed E-state index contributed by atoms with van der Waals surface area (Å²) in [5, 5.41) is 3.14. The van der Waals surface area contributed by atoms with Crippen molar-refractivity contribution in [3.63, 3.8) is 0 Å². The van der Waals surface area contributed by atoms with E-state index in [1.54, 1.807) is 24.4 Å². The monoisotopic (exact) mass is 439 g/mol. The van der Waals surface area contributed by atoms with Crippen LogP contribution < -0.4 is 5.32 Å². The van der Waals surface area contributed by atoms with Crippen molar-refractivity contribution >= 4 is 17.8 Å². The summed E-state index contributed by atoms with van der Waals surface area (Å²) >= 11 is 0. The summed E-state index contributed by atoms with van der Waals surface area (Å²) in [7, 11) is 2.08. The smallest absolute Gasteiger partial charge is 0.142 e. The Bertz CT molecular complexity index is 1050. The number of nitrogens with zero attached hydrogens (tertiary/aromatic N) is 4. The van der Waals surface area contributed by atoms with Crippen LogP contribution in [0.3, 0.4) is 0 Å². The summed E-state index contributed by atoms with van der Waals surface area (Å²) < 4.78 is 27.2. The molecule has 0 spiro atoms. The van der Waals surface area contributed by atoms with Crippen LogP contribution in [0.2, 0.25) is 0 Å². The summed E-state index contributed by atoms with van der Waals surface area (Å²) in [4.78, 5) is 24.7. The van der Waals surface area contributed by atoms with Gasteiger partial charge in [0.05, 0.1) is 11.9 Å². The average Bonchev–Trinajstić information content (AvgIpc) is 2.79. The lowest BCUT2D eigenvalue weighted by Crippen LogP contribution is -2.31. The first-order chi connectivity index (χ1) is 15.5. The Hall–Kier alpha value is -3.26. The van der Waals surface area contributed by atoms with Crippen molar-refractivity contribution in [2.24, 2.45) is 0 Å². The highest BCUT2D eigenvalue weighted by Gasteiger charge is 2.23. The zero-order valence-corrected chi connectivity index (χ0v) is 18.3. The molecule has 2 aromatic heterocycles. The molecule has 1 N–H and O–H groups in total. The van der Waals surface area contributed by atoms with Crippen molar-refractivity contribution in [1.82, 2.24) is 19.9 Å². The third kappa shape index (κ3) is 6.62. The van der Waals surface area contributed by atoms with Crippen molar-refractivity contribution < 1.29 is 13.6 Å². The van der Waals surface area contributed by atoms with Gasteiger partial charge in [-0.05, 0) is 50.7 Å². The Balaban J connectivity index is 0.000000668. The first-order valence-electron chi connectivity index (χ1n) is 10.6. The maximum absolute atomic E-state index is 13.7. The van der Waals surface area contributed by atoms with Gasteiger partial charge in [-0.15, -0.1) is 0 Å². The molecule has 1 unspecified atom stereocenters. The van der Waals surface area contributed by atoms with Gasteiger partial charge in [-0.25, -0.2) is 18.7 Å². The summed E-state index contributed by atoms with van der Waals surface area (Å²) in [5.74, 6) is 0.682. The number of likely N-dealkylation sites (N-methyl/N-ethyl adjacent to an activating group) is 1. The number of halogens is 2. The summed E-state index contributed by atoms with van der Waals surface area (Å²) in [6.07, 6.45) is 6.32. The highest BCUT2D eigenvalue weighted by atomic mass is 19.1. The average molecular weight is 440 g/mol. The van der Waals surface area contributed by atoms with Gasteiger partial charge in [0, 0.05) is 42.4 Å². The van der Waals surface area contributed by atoms with Gasteiger partial charge in [0.2, 0.25) is 0 Å². The number of benzene rings is 1. The minimum Gasteiger partial charge on any atom is -0.340 e. The highest BCUT2D eigenvalue weighted by molar-refractivity contribution is 5.65. The van der Waals surface area contributed by atoms with Crippen LogP contribution in [0, 0.1) is 11.6 Å². The number of rotatable bonds is 5. The molecule has 1 aliphatic rings. The number of nitrogens with one attached hydrogen (secondary N) is 1. The number of piperidine rings is 1. The quantitative estimate of drug-likeness (QED) is 0.567. The maximum Gasteiger partial charge on any atom is 0.142 e. The van der Waals surface area contributed by atoms with Crippen molar-refractivity contribution in [3.05, 3.63) is 66.3 Å². The number of likely N-dealkylation sites (tertiary alicyclic amines) is 1. The molecule has 3 aromatic rings. The third-order valence-corrected chi connectivity index (χ3v) is 5.00. The number of carbonyl (C=O) groups excluding carboxylic acids is 1. The standard InChI is InChI=1S/C21H21F2N5.C3H6O/c1-28-7-3-4-14(13-28)21-26-19(15-8-17(23)12-24-11-15)10-20(27-21)25-18-6-2-5-16(22)9-18;1-2-3-4/h2,5-6,8-12,14H,3-4,7,13H2,1H3,(H,25,26,27);3H,2H2,1H3. The van der Waals surface area contributed by atoms with Gasteiger partial charge in [-0.1, -0.05) is 13.0 Å². The number of carbonyl (C=O) groups is 1. The first-order valence-corrected chi connectivity index (χ1v) is 10.6. The van der Waals surface area contributed by atoms with Crippen LogP contribution in [0.5, 0.6) is 0 Å². The van der Waals surface area contributed by atoms with E-state index in [1.807, 2.05) is 6.92 Å². The Labute approximate surface area is 186 Å². The largest absolute Gasteiger partial charge is 0.340 e. The van der Waals surface area contributed by atoms with Gasteiger partial charge < -0.3 is 15.0 Å². The summed E-state index contributed by atoms with van der Waals surface area (Å²) in [6, 6.07) is 9.32. The molecule has 0 saturated carbocycles. The third-order valence-electron chi connectivity index (χ3n) is 5.00. The van der Waals surface area contributed by atoms with E-state index in [4.69, 9.17) is 4.98 Å². The van der Waals surface area contributed by atoms with E-state index >= 15 is 0 Å². The lowest BCUT2D eigenvalue weighted by molar-refractivity contribution is -0.107. The topological polar surface area (TPSA) is 71.0 Å². The van der Waals surface area contributed by atoms with Gasteiger partial charge in [-0.2, -0.15) is 0 Å². The van der Waals surface area contributed by atoms with Gasteiger partial charge in [0.1, 0.15) is 29.6 Å². The second-order valence-electron chi connectivity index (χ2n) is 7.70. The van der Waals surface area contributed by atoms with E-state index in [0.717, 1.165) is 38.4 Å². The molecule has 6 nitrogen and oxygen atoms in total. The SMILES string of the molecule is CCC=O.CN1CCCC(c2nc(Nc3cccc(F)c3)cc(-c3cncc(F)c3)n2)C1. The fourth-order valence-electron chi connectivity index (χ4n) is 3.50. The predicted octanol–water partition coefficient (Wildman–Crippen LogP) is 4.96. The number of hydrogen-bond acceptors (Lipinski definition) is 6. The highest BCUT2D eigenvalue weighted by Crippen LogP contribution is 2.29. The van der Waals surface area contributed by atoms with Gasteiger partial charge >= 0.3 is 0 Å². The number of aromatic nitrogens is 3. The zero-order chi connectivity index (χ0) is 22.9. The number of hydrogen-bond donors (Lipinski definition) is 1. The molecule has 1 aromatic carbocycles. The molecule has 0 aliphatic carbocycles. The molecule has 4 rings (SSSR count). The Morgan fingerprint density at radius 2 is 1.97 bits per heavy atom. The molecule has 1 fully saturated rings. The van der Waals surface area contributed by atoms with E-state index in [-0.39, 0.29) is 11.7 Å². The van der Waals surface area contributed by atoms with E-state index in [0.29, 0.717) is 35.0 Å². The molecule has 0 radical (unpaired) electrons. The van der Waals surface area contributed by atoms with Crippen LogP contribution >= 0.6 is 0 Å². The maximum atomic E-state index is 13.7. The molecule has 168 valence electrons. The van der Waals surface area contributed by atoms with Crippen molar-refractivity contribution in [2.45, 2.75) is 32.1 Å². The molecule has 32 heavy (non-hydrogen) atoms. The van der Waals surface area contributed by atoms with E-state index in [9.17, 15) is 13.6 Å². The molecule has 1 aliphatic heterocycles. The van der Waals surface area contributed by atoms with Gasteiger partial charge in [-0.3, -0.25) is 4.98 Å². The predicted molar refractivity (Wildman–Crippen MR) is 121 cm³/mol. The van der Waals surface area contributed by atoms with E-state index in [2.05, 4.69) is 27.2 Å². The van der Waals surface area contributed by atoms with Crippen LogP contribution in [0.1, 0.15) is 37.9 Å². The summed E-state index contributed by atoms with van der Waals surface area (Å²) in [5.41, 5.74) is 1.76. The second kappa shape index (κ2) is 11.4. The lowest BCUT2D eigenvalue weighted by Gasteiger charge is -2.29. The Kier molecular flexibility index (Phi) is 8.33. The first kappa shape index (κ1) is 23.4. The molecular weight excluding hydrogens is 412 g/mol. The van der Waals surface area contributed by atoms with Crippen LogP contribution in [0.4, 0.5) is 20.3 Å². The fourth-order valence-corrected chi connectivity index (χ4v) is 3.50. The summed E-state index contributed by atoms with van der Waals surface area (Å²) in [6.45, 7) is 3.73. The molecule has 8 heteroatoms. The minimum atomic E-state index is -0.422. The molecule has 3 heterocycles. The zero-order valence-electron chi connectivity index (χ0n) is 18.3. The lowest BCUT2D eigenvalue weighted by atomic mass is 9.97. The van der Waals surface area contributed by atoms with Crippen molar-refractivity contribution in [3.8, 4) is 11.3 Å². The molecule has 0 amide bonds. The van der Waals surface area contributed by atoms with Gasteiger partial charge in [0.25, 0.3) is 0 Å². The van der Waals surface area contributed by atoms with Gasteiger partial charge in [0.15, 0.2) is 0 Å². The number of anilines is 2. The van der Waals surface area contributed by atoms with Crippen LogP contribution in [0.15, 0.2) is 48.8 Å². The second-order valence-corrected chi connectivity index (χ2v) is 7.70. The minimum absolute atomic E-state index is 0.188. The van der Waals surface area contributed by atoms with E-state index < -0.39 is 5.82 Å². The number of pyridine rings is 1. The number of aldehydes is 1. The van der Waals surface area contributed by atoms with Crippen molar-refractivity contribution in [2.75, 3.05) is 25.5 Å². The van der Waals surface area contributed by atoms with Crippen LogP contribution in [-0.4, -0.2) is 46.3 Å². The molecule has 0 bridgehead atoms. The normalized spacial score (nSPS) is 16.1. The van der Waals surface area contributed by atoms with Crippen LogP contribution in [0.25, 0.3) is 11.3 Å².